The van der Waals surface area contributed by atoms with Gasteiger partial charge in [0.25, 0.3) is 0 Å². The van der Waals surface area contributed by atoms with E-state index in [0.717, 1.165) is 17.8 Å². The van der Waals surface area contributed by atoms with Gasteiger partial charge in [0.15, 0.2) is 0 Å². The second-order valence-corrected chi connectivity index (χ2v) is 2.86. The van der Waals surface area contributed by atoms with E-state index >= 15 is 0 Å². The highest BCUT2D eigenvalue weighted by Gasteiger charge is 1.87. The molecule has 0 aliphatic rings. The third-order valence-electron chi connectivity index (χ3n) is 1.38. The first-order valence-corrected chi connectivity index (χ1v) is 4.39. The lowest BCUT2D eigenvalue weighted by Crippen LogP contribution is -1.87. The Balaban J connectivity index is 2.58. The summed E-state index contributed by atoms with van der Waals surface area (Å²) < 4.78 is 0. The number of alkyl halides is 1. The second-order valence-electron chi connectivity index (χ2n) is 2.48. The molecule has 0 aromatic carbocycles. The van der Waals surface area contributed by atoms with Gasteiger partial charge in [0.1, 0.15) is 0 Å². The smallest absolute Gasteiger partial charge is 0.0854 e. The van der Waals surface area contributed by atoms with Crippen LogP contribution < -0.4 is 0 Å². The highest BCUT2D eigenvalue weighted by molar-refractivity contribution is 6.17. The second kappa shape index (κ2) is 4.88. The van der Waals surface area contributed by atoms with Crippen LogP contribution in [0.25, 0.3) is 6.08 Å². The van der Waals surface area contributed by atoms with E-state index in [4.69, 9.17) is 11.6 Å². The molecule has 0 unspecified atom stereocenters. The average Bonchev–Trinajstić information content (AvgIpc) is 2.09. The van der Waals surface area contributed by atoms with Crippen molar-refractivity contribution in [3.8, 4) is 0 Å². The number of nitrogens with zero attached hydrogens (tertiary/aromatic N) is 2. The number of hydrogen-bond donors (Lipinski definition) is 0. The third-order valence-corrected chi connectivity index (χ3v) is 1.60. The zero-order valence-electron chi connectivity index (χ0n) is 7.00. The Morgan fingerprint density at radius 2 is 2.25 bits per heavy atom. The summed E-state index contributed by atoms with van der Waals surface area (Å²) in [6.07, 6.45) is 4.79. The molecule has 64 valence electrons. The van der Waals surface area contributed by atoms with Crippen molar-refractivity contribution in [3.63, 3.8) is 0 Å². The Labute approximate surface area is 77.3 Å². The Bertz CT molecular complexity index is 254. The van der Waals surface area contributed by atoms with E-state index in [1.54, 1.807) is 0 Å². The van der Waals surface area contributed by atoms with Gasteiger partial charge in [0, 0.05) is 5.88 Å². The maximum Gasteiger partial charge on any atom is 0.0854 e. The van der Waals surface area contributed by atoms with Gasteiger partial charge in [-0.3, -0.25) is 0 Å². The molecule has 1 heterocycles. The molecule has 1 aromatic heterocycles. The minimum Gasteiger partial charge on any atom is -0.155 e. The fourth-order valence-corrected chi connectivity index (χ4v) is 0.891. The SMILES string of the molecule is Cc1ccc(C=CCCCl)nn1. The summed E-state index contributed by atoms with van der Waals surface area (Å²) in [6, 6.07) is 3.88. The molecule has 12 heavy (non-hydrogen) atoms. The van der Waals surface area contributed by atoms with Crippen LogP contribution in [-0.4, -0.2) is 16.1 Å². The van der Waals surface area contributed by atoms with E-state index in [9.17, 15) is 0 Å². The molecular formula is C9H11ClN2. The summed E-state index contributed by atoms with van der Waals surface area (Å²) >= 11 is 5.51. The molecule has 0 spiro atoms. The number of aryl methyl sites for hydroxylation is 1. The normalized spacial score (nSPS) is 10.8. The first-order valence-electron chi connectivity index (χ1n) is 3.86. The molecule has 0 saturated heterocycles. The average molecular weight is 183 g/mol. The van der Waals surface area contributed by atoms with Gasteiger partial charge >= 0.3 is 0 Å². The first kappa shape index (κ1) is 9.20. The Kier molecular flexibility index (Phi) is 3.74. The largest absolute Gasteiger partial charge is 0.155 e. The van der Waals surface area contributed by atoms with Crippen LogP contribution in [0.15, 0.2) is 18.2 Å². The molecule has 0 N–H and O–H groups in total. The van der Waals surface area contributed by atoms with Crippen LogP contribution in [-0.2, 0) is 0 Å². The van der Waals surface area contributed by atoms with Crippen LogP contribution >= 0.6 is 11.6 Å². The van der Waals surface area contributed by atoms with Gasteiger partial charge < -0.3 is 0 Å². The number of hydrogen-bond acceptors (Lipinski definition) is 2. The van der Waals surface area contributed by atoms with Crippen LogP contribution in [0.4, 0.5) is 0 Å². The molecule has 1 rings (SSSR count). The molecule has 0 aliphatic carbocycles. The van der Waals surface area contributed by atoms with Crippen molar-refractivity contribution in [3.05, 3.63) is 29.6 Å². The van der Waals surface area contributed by atoms with Crippen molar-refractivity contribution in [2.45, 2.75) is 13.3 Å². The van der Waals surface area contributed by atoms with Crippen LogP contribution in [0.2, 0.25) is 0 Å². The molecule has 0 radical (unpaired) electrons. The van der Waals surface area contributed by atoms with Crippen LogP contribution in [0.1, 0.15) is 17.8 Å². The quantitative estimate of drug-likeness (QED) is 0.671. The van der Waals surface area contributed by atoms with Gasteiger partial charge in [-0.2, -0.15) is 10.2 Å². The van der Waals surface area contributed by atoms with E-state index in [2.05, 4.69) is 10.2 Å². The van der Waals surface area contributed by atoms with E-state index in [0.29, 0.717) is 5.88 Å². The number of aromatic nitrogens is 2. The lowest BCUT2D eigenvalue weighted by molar-refractivity contribution is 0.969. The predicted octanol–water partition coefficient (Wildman–Crippen LogP) is 2.43. The summed E-state index contributed by atoms with van der Waals surface area (Å²) in [5.41, 5.74) is 1.82. The van der Waals surface area contributed by atoms with Crippen molar-refractivity contribution >= 4 is 17.7 Å². The summed E-state index contributed by atoms with van der Waals surface area (Å²) in [5.74, 6) is 0.649. The van der Waals surface area contributed by atoms with Gasteiger partial charge in [0.2, 0.25) is 0 Å². The van der Waals surface area contributed by atoms with E-state index in [1.807, 2.05) is 31.2 Å². The van der Waals surface area contributed by atoms with E-state index < -0.39 is 0 Å². The minimum absolute atomic E-state index is 0.649. The van der Waals surface area contributed by atoms with Gasteiger partial charge in [-0.15, -0.1) is 11.6 Å². The first-order chi connectivity index (χ1) is 5.83. The molecule has 0 amide bonds. The van der Waals surface area contributed by atoms with Gasteiger partial charge in [-0.25, -0.2) is 0 Å². The van der Waals surface area contributed by atoms with Crippen molar-refractivity contribution in [2.24, 2.45) is 0 Å². The van der Waals surface area contributed by atoms with Crippen molar-refractivity contribution in [1.82, 2.24) is 10.2 Å². The van der Waals surface area contributed by atoms with Crippen LogP contribution in [0.5, 0.6) is 0 Å². The summed E-state index contributed by atoms with van der Waals surface area (Å²) in [7, 11) is 0. The maximum absolute atomic E-state index is 5.51. The Morgan fingerprint density at radius 1 is 1.42 bits per heavy atom. The molecule has 0 aliphatic heterocycles. The van der Waals surface area contributed by atoms with E-state index in [1.165, 1.54) is 0 Å². The number of rotatable bonds is 3. The van der Waals surface area contributed by atoms with E-state index in [-0.39, 0.29) is 0 Å². The highest BCUT2D eigenvalue weighted by atomic mass is 35.5. The maximum atomic E-state index is 5.51. The topological polar surface area (TPSA) is 25.8 Å². The highest BCUT2D eigenvalue weighted by Crippen LogP contribution is 1.98. The van der Waals surface area contributed by atoms with Gasteiger partial charge in [-0.05, 0) is 31.6 Å². The summed E-state index contributed by atoms with van der Waals surface area (Å²) in [5, 5.41) is 7.89. The number of halogens is 1. The lowest BCUT2D eigenvalue weighted by atomic mass is 10.3. The van der Waals surface area contributed by atoms with Crippen LogP contribution in [0, 0.1) is 6.92 Å². The standard InChI is InChI=1S/C9H11ClN2/c1-8-5-6-9(12-11-8)4-2-3-7-10/h2,4-6H,3,7H2,1H3. The molecule has 3 heteroatoms. The zero-order chi connectivity index (χ0) is 8.81. The molecule has 2 nitrogen and oxygen atoms in total. The number of allylic oxidation sites excluding steroid dienone is 1. The van der Waals surface area contributed by atoms with Gasteiger partial charge in [0.05, 0.1) is 11.4 Å². The molecule has 0 saturated carbocycles. The van der Waals surface area contributed by atoms with Crippen LogP contribution in [0.3, 0.4) is 0 Å². The molecule has 0 bridgehead atoms. The summed E-state index contributed by atoms with van der Waals surface area (Å²) in [4.78, 5) is 0. The molecule has 0 fully saturated rings. The molecule has 1 aromatic rings. The third kappa shape index (κ3) is 3.01. The van der Waals surface area contributed by atoms with Crippen molar-refractivity contribution in [1.29, 1.82) is 0 Å². The van der Waals surface area contributed by atoms with Crippen molar-refractivity contribution in [2.75, 3.05) is 5.88 Å². The lowest BCUT2D eigenvalue weighted by Gasteiger charge is -1.91. The Morgan fingerprint density at radius 3 is 2.83 bits per heavy atom. The Hall–Kier alpha value is -0.890. The molecule has 0 atom stereocenters. The summed E-state index contributed by atoms with van der Waals surface area (Å²) in [6.45, 7) is 1.92. The zero-order valence-corrected chi connectivity index (χ0v) is 7.75. The monoisotopic (exact) mass is 182 g/mol. The predicted molar refractivity (Wildman–Crippen MR) is 51.1 cm³/mol. The minimum atomic E-state index is 0.649. The fraction of sp³-hybridized carbons (Fsp3) is 0.333. The fourth-order valence-electron chi connectivity index (χ4n) is 0.765. The van der Waals surface area contributed by atoms with Gasteiger partial charge in [-0.1, -0.05) is 6.08 Å². The molecular weight excluding hydrogens is 172 g/mol. The van der Waals surface area contributed by atoms with Crippen molar-refractivity contribution < 1.29 is 0 Å².